The minimum Gasteiger partial charge on any atom is -0.483 e. The first-order valence-corrected chi connectivity index (χ1v) is 9.97. The lowest BCUT2D eigenvalue weighted by atomic mass is 9.83. The van der Waals surface area contributed by atoms with E-state index in [4.69, 9.17) is 4.74 Å². The third kappa shape index (κ3) is 2.89. The Hall–Kier alpha value is -3.01. The Balaban J connectivity index is 1.45. The molecule has 4 nitrogen and oxygen atoms in total. The molecule has 1 spiro atoms. The molecule has 1 amide bonds. The Morgan fingerprint density at radius 3 is 2.57 bits per heavy atom. The summed E-state index contributed by atoms with van der Waals surface area (Å²) in [5, 5.41) is 0. The highest BCUT2D eigenvalue weighted by Gasteiger charge is 2.52. The molecule has 0 N–H and O–H groups in total. The van der Waals surface area contributed by atoms with Crippen LogP contribution in [-0.4, -0.2) is 34.1 Å². The summed E-state index contributed by atoms with van der Waals surface area (Å²) < 4.78 is 8.82. The number of piperidine rings is 1. The molecule has 3 heterocycles. The van der Waals surface area contributed by atoms with Crippen molar-refractivity contribution >= 4 is 5.91 Å². The maximum absolute atomic E-state index is 13.0. The molecule has 1 saturated heterocycles. The zero-order chi connectivity index (χ0) is 19.0. The number of benzene rings is 2. The second-order valence-corrected chi connectivity index (χ2v) is 7.82. The Labute approximate surface area is 165 Å². The minimum atomic E-state index is -0.409. The van der Waals surface area contributed by atoms with Gasteiger partial charge in [-0.1, -0.05) is 48.5 Å². The number of rotatable bonds is 3. The van der Waals surface area contributed by atoms with Crippen LogP contribution in [0.1, 0.15) is 30.0 Å². The van der Waals surface area contributed by atoms with Crippen LogP contribution in [0.5, 0.6) is 5.75 Å². The van der Waals surface area contributed by atoms with Crippen LogP contribution in [0.25, 0.3) is 0 Å². The molecule has 0 aliphatic carbocycles. The van der Waals surface area contributed by atoms with E-state index in [0.29, 0.717) is 13.0 Å². The molecule has 2 aliphatic rings. The quantitative estimate of drug-likeness (QED) is 0.694. The number of carbonyl (C=O) groups is 1. The molecule has 142 valence electrons. The Morgan fingerprint density at radius 1 is 1.00 bits per heavy atom. The second-order valence-electron chi connectivity index (χ2n) is 7.82. The van der Waals surface area contributed by atoms with Gasteiger partial charge in [0.1, 0.15) is 11.8 Å². The second kappa shape index (κ2) is 6.86. The van der Waals surface area contributed by atoms with E-state index in [2.05, 4.69) is 41.2 Å². The third-order valence-electron chi connectivity index (χ3n) is 5.99. The van der Waals surface area contributed by atoms with Crippen molar-refractivity contribution < 1.29 is 9.53 Å². The van der Waals surface area contributed by atoms with Crippen molar-refractivity contribution in [2.75, 3.05) is 13.1 Å². The van der Waals surface area contributed by atoms with E-state index in [1.807, 2.05) is 47.4 Å². The summed E-state index contributed by atoms with van der Waals surface area (Å²) in [4.78, 5) is 15.0. The van der Waals surface area contributed by atoms with Gasteiger partial charge in [0.25, 0.3) is 0 Å². The van der Waals surface area contributed by atoms with Gasteiger partial charge in [0.15, 0.2) is 5.60 Å². The summed E-state index contributed by atoms with van der Waals surface area (Å²) in [5.41, 5.74) is 1.86. The molecule has 2 atom stereocenters. The van der Waals surface area contributed by atoms with Crippen molar-refractivity contribution in [1.29, 1.82) is 0 Å². The summed E-state index contributed by atoms with van der Waals surface area (Å²) in [7, 11) is 0. The third-order valence-corrected chi connectivity index (χ3v) is 5.99. The molecule has 1 fully saturated rings. The van der Waals surface area contributed by atoms with E-state index in [0.717, 1.165) is 30.7 Å². The Bertz CT molecular complexity index is 967. The van der Waals surface area contributed by atoms with Gasteiger partial charge in [-0.15, -0.1) is 0 Å². The van der Waals surface area contributed by atoms with Crippen molar-refractivity contribution in [3.63, 3.8) is 0 Å². The maximum atomic E-state index is 13.0. The van der Waals surface area contributed by atoms with Gasteiger partial charge in [-0.05, 0) is 36.6 Å². The summed E-state index contributed by atoms with van der Waals surface area (Å²) in [5.74, 6) is 1.12. The summed E-state index contributed by atoms with van der Waals surface area (Å²) in [6.07, 6.45) is 6.54. The SMILES string of the molecule is O=C(Cc1ccccc1)N1CCCC2(C1)Oc1ccccc1C2n1cccc1. The number of hydrogen-bond donors (Lipinski definition) is 0. The molecule has 28 heavy (non-hydrogen) atoms. The first kappa shape index (κ1) is 17.1. The van der Waals surface area contributed by atoms with E-state index in [-0.39, 0.29) is 11.9 Å². The van der Waals surface area contributed by atoms with Crippen LogP contribution in [0.3, 0.4) is 0 Å². The molecule has 0 saturated carbocycles. The number of aromatic nitrogens is 1. The summed E-state index contributed by atoms with van der Waals surface area (Å²) in [6, 6.07) is 22.5. The fraction of sp³-hybridized carbons (Fsp3) is 0.292. The molecule has 4 heteroatoms. The smallest absolute Gasteiger partial charge is 0.227 e. The van der Waals surface area contributed by atoms with Crippen LogP contribution in [0, 0.1) is 0 Å². The first-order chi connectivity index (χ1) is 13.8. The average molecular weight is 372 g/mol. The zero-order valence-corrected chi connectivity index (χ0v) is 15.8. The number of amides is 1. The van der Waals surface area contributed by atoms with Gasteiger partial charge >= 0.3 is 0 Å². The highest BCUT2D eigenvalue weighted by Crippen LogP contribution is 2.49. The van der Waals surface area contributed by atoms with Crippen LogP contribution in [-0.2, 0) is 11.2 Å². The molecular weight excluding hydrogens is 348 g/mol. The highest BCUT2D eigenvalue weighted by atomic mass is 16.5. The van der Waals surface area contributed by atoms with Crippen molar-refractivity contribution in [2.24, 2.45) is 0 Å². The van der Waals surface area contributed by atoms with Crippen LogP contribution in [0.2, 0.25) is 0 Å². The van der Waals surface area contributed by atoms with E-state index < -0.39 is 5.60 Å². The predicted octanol–water partition coefficient (Wildman–Crippen LogP) is 4.07. The van der Waals surface area contributed by atoms with Gasteiger partial charge in [-0.3, -0.25) is 4.79 Å². The predicted molar refractivity (Wildman–Crippen MR) is 108 cm³/mol. The number of ether oxygens (including phenoxy) is 1. The molecule has 0 radical (unpaired) electrons. The minimum absolute atomic E-state index is 0.0889. The fourth-order valence-corrected chi connectivity index (χ4v) is 4.76. The van der Waals surface area contributed by atoms with Crippen LogP contribution < -0.4 is 4.74 Å². The lowest BCUT2D eigenvalue weighted by Crippen LogP contribution is -2.56. The van der Waals surface area contributed by atoms with Crippen LogP contribution in [0.15, 0.2) is 79.1 Å². The number of carbonyl (C=O) groups excluding carboxylic acids is 1. The number of likely N-dealkylation sites (tertiary alicyclic amines) is 1. The molecular formula is C24H24N2O2. The van der Waals surface area contributed by atoms with Gasteiger partial charge in [0.05, 0.1) is 13.0 Å². The number of fused-ring (bicyclic) bond motifs is 1. The molecule has 5 rings (SSSR count). The molecule has 2 aromatic carbocycles. The molecule has 1 aromatic heterocycles. The number of para-hydroxylation sites is 1. The first-order valence-electron chi connectivity index (χ1n) is 9.97. The van der Waals surface area contributed by atoms with Gasteiger partial charge in [-0.25, -0.2) is 0 Å². The van der Waals surface area contributed by atoms with Crippen LogP contribution >= 0.6 is 0 Å². The van der Waals surface area contributed by atoms with Crippen molar-refractivity contribution in [1.82, 2.24) is 9.47 Å². The zero-order valence-electron chi connectivity index (χ0n) is 15.8. The lowest BCUT2D eigenvalue weighted by molar-refractivity contribution is -0.136. The van der Waals surface area contributed by atoms with E-state index in [9.17, 15) is 4.79 Å². The monoisotopic (exact) mass is 372 g/mol. The van der Waals surface area contributed by atoms with E-state index in [1.54, 1.807) is 0 Å². The Morgan fingerprint density at radius 2 is 1.75 bits per heavy atom. The van der Waals surface area contributed by atoms with Crippen LogP contribution in [0.4, 0.5) is 0 Å². The van der Waals surface area contributed by atoms with Crippen molar-refractivity contribution in [3.8, 4) is 5.75 Å². The molecule has 2 aliphatic heterocycles. The fourth-order valence-electron chi connectivity index (χ4n) is 4.76. The van der Waals surface area contributed by atoms with Gasteiger partial charge in [0, 0.05) is 24.5 Å². The highest BCUT2D eigenvalue weighted by molar-refractivity contribution is 5.79. The summed E-state index contributed by atoms with van der Waals surface area (Å²) in [6.45, 7) is 1.42. The van der Waals surface area contributed by atoms with Gasteiger partial charge < -0.3 is 14.2 Å². The molecule has 0 bridgehead atoms. The summed E-state index contributed by atoms with van der Waals surface area (Å²) >= 11 is 0. The molecule has 3 aromatic rings. The van der Waals surface area contributed by atoms with Gasteiger partial charge in [0.2, 0.25) is 5.91 Å². The Kier molecular flexibility index (Phi) is 4.19. The van der Waals surface area contributed by atoms with Crippen molar-refractivity contribution in [2.45, 2.75) is 30.9 Å². The average Bonchev–Trinajstić information content (AvgIpc) is 3.34. The normalized spacial score (nSPS) is 23.4. The lowest BCUT2D eigenvalue weighted by Gasteiger charge is -2.43. The molecule has 2 unspecified atom stereocenters. The van der Waals surface area contributed by atoms with Crippen molar-refractivity contribution in [3.05, 3.63) is 90.3 Å². The topological polar surface area (TPSA) is 34.5 Å². The standard InChI is InChI=1S/C24H24N2O2/c27-22(17-19-9-2-1-3-10-19)26-16-8-13-24(18-26)23(25-14-6-7-15-25)20-11-4-5-12-21(20)28-24/h1-7,9-12,14-15,23H,8,13,16-18H2. The largest absolute Gasteiger partial charge is 0.483 e. The number of nitrogens with zero attached hydrogens (tertiary/aromatic N) is 2. The van der Waals surface area contributed by atoms with E-state index >= 15 is 0 Å². The maximum Gasteiger partial charge on any atom is 0.227 e. The number of hydrogen-bond acceptors (Lipinski definition) is 2. The van der Waals surface area contributed by atoms with Gasteiger partial charge in [-0.2, -0.15) is 0 Å². The van der Waals surface area contributed by atoms with E-state index in [1.165, 1.54) is 5.56 Å².